The van der Waals surface area contributed by atoms with Crippen LogP contribution in [-0.4, -0.2) is 36.7 Å². The van der Waals surface area contributed by atoms with E-state index in [-0.39, 0.29) is 5.91 Å². The van der Waals surface area contributed by atoms with Crippen molar-refractivity contribution in [3.05, 3.63) is 30.0 Å². The third-order valence-electron chi connectivity index (χ3n) is 3.83. The number of hydrogen-bond donors (Lipinski definition) is 0. The highest BCUT2D eigenvalue weighted by atomic mass is 16.5. The van der Waals surface area contributed by atoms with Gasteiger partial charge in [0.2, 0.25) is 5.91 Å². The summed E-state index contributed by atoms with van der Waals surface area (Å²) in [6, 6.07) is 7.35. The highest BCUT2D eigenvalue weighted by Crippen LogP contribution is 2.33. The topological polar surface area (TPSA) is 64.8 Å². The van der Waals surface area contributed by atoms with E-state index >= 15 is 0 Å². The van der Waals surface area contributed by atoms with Gasteiger partial charge in [0.05, 0.1) is 26.3 Å². The maximum atomic E-state index is 12.1. The van der Waals surface area contributed by atoms with Crippen molar-refractivity contribution >= 4 is 5.91 Å². The van der Waals surface area contributed by atoms with Gasteiger partial charge in [-0.2, -0.15) is 0 Å². The SMILES string of the molecule is CCC(=O)N(Cc1cc(-c2ccc(OC)cc2OC)on1)CC(C)C. The van der Waals surface area contributed by atoms with E-state index in [9.17, 15) is 4.79 Å². The van der Waals surface area contributed by atoms with Crippen LogP contribution in [-0.2, 0) is 11.3 Å². The molecular weight excluding hydrogens is 320 g/mol. The second-order valence-corrected chi connectivity index (χ2v) is 6.27. The summed E-state index contributed by atoms with van der Waals surface area (Å²) >= 11 is 0. The quantitative estimate of drug-likeness (QED) is 0.728. The number of nitrogens with zero attached hydrogens (tertiary/aromatic N) is 2. The lowest BCUT2D eigenvalue weighted by Crippen LogP contribution is -2.33. The highest BCUT2D eigenvalue weighted by molar-refractivity contribution is 5.75. The van der Waals surface area contributed by atoms with Crippen LogP contribution in [0, 0.1) is 5.92 Å². The Bertz CT molecular complexity index is 709. The van der Waals surface area contributed by atoms with Crippen LogP contribution in [0.3, 0.4) is 0 Å². The molecule has 0 atom stereocenters. The van der Waals surface area contributed by atoms with Gasteiger partial charge in [-0.3, -0.25) is 4.79 Å². The molecule has 0 fully saturated rings. The maximum absolute atomic E-state index is 12.1. The number of methoxy groups -OCH3 is 2. The normalized spacial score (nSPS) is 10.8. The van der Waals surface area contributed by atoms with Crippen molar-refractivity contribution in [2.75, 3.05) is 20.8 Å². The molecule has 1 heterocycles. The Kier molecular flexibility index (Phi) is 6.44. The first-order valence-corrected chi connectivity index (χ1v) is 8.44. The Labute approximate surface area is 148 Å². The highest BCUT2D eigenvalue weighted by Gasteiger charge is 2.18. The minimum Gasteiger partial charge on any atom is -0.497 e. The van der Waals surface area contributed by atoms with E-state index in [1.165, 1.54) is 0 Å². The molecule has 136 valence electrons. The summed E-state index contributed by atoms with van der Waals surface area (Å²) < 4.78 is 16.1. The zero-order chi connectivity index (χ0) is 18.4. The lowest BCUT2D eigenvalue weighted by molar-refractivity contribution is -0.132. The molecule has 0 spiro atoms. The second-order valence-electron chi connectivity index (χ2n) is 6.27. The van der Waals surface area contributed by atoms with E-state index < -0.39 is 0 Å². The monoisotopic (exact) mass is 346 g/mol. The number of carbonyl (C=O) groups excluding carboxylic acids is 1. The van der Waals surface area contributed by atoms with Gasteiger partial charge in [0.15, 0.2) is 5.76 Å². The number of hydrogen-bond acceptors (Lipinski definition) is 5. The average molecular weight is 346 g/mol. The molecule has 0 saturated heterocycles. The van der Waals surface area contributed by atoms with Gasteiger partial charge >= 0.3 is 0 Å². The predicted octanol–water partition coefficient (Wildman–Crippen LogP) is 3.75. The molecule has 6 heteroatoms. The van der Waals surface area contributed by atoms with Crippen molar-refractivity contribution in [1.82, 2.24) is 10.1 Å². The van der Waals surface area contributed by atoms with Crippen molar-refractivity contribution in [1.29, 1.82) is 0 Å². The number of aromatic nitrogens is 1. The number of benzene rings is 1. The Morgan fingerprint density at radius 2 is 2.00 bits per heavy atom. The second kappa shape index (κ2) is 8.55. The Morgan fingerprint density at radius 1 is 1.24 bits per heavy atom. The molecule has 0 radical (unpaired) electrons. The molecule has 0 aliphatic rings. The van der Waals surface area contributed by atoms with Crippen molar-refractivity contribution in [3.8, 4) is 22.8 Å². The van der Waals surface area contributed by atoms with E-state index in [1.807, 2.05) is 30.0 Å². The van der Waals surface area contributed by atoms with Gasteiger partial charge < -0.3 is 18.9 Å². The Morgan fingerprint density at radius 3 is 2.60 bits per heavy atom. The smallest absolute Gasteiger partial charge is 0.222 e. The number of ether oxygens (including phenoxy) is 2. The maximum Gasteiger partial charge on any atom is 0.222 e. The molecular formula is C19H26N2O4. The van der Waals surface area contributed by atoms with Gasteiger partial charge in [-0.25, -0.2) is 0 Å². The van der Waals surface area contributed by atoms with Crippen molar-refractivity contribution in [2.24, 2.45) is 5.92 Å². The first kappa shape index (κ1) is 18.8. The molecule has 25 heavy (non-hydrogen) atoms. The van der Waals surface area contributed by atoms with Crippen LogP contribution in [0.25, 0.3) is 11.3 Å². The van der Waals surface area contributed by atoms with Crippen LogP contribution in [0.2, 0.25) is 0 Å². The van der Waals surface area contributed by atoms with Gasteiger partial charge in [-0.05, 0) is 18.1 Å². The fourth-order valence-electron chi connectivity index (χ4n) is 2.63. The lowest BCUT2D eigenvalue weighted by Gasteiger charge is -2.22. The summed E-state index contributed by atoms with van der Waals surface area (Å²) in [6.45, 7) is 7.18. The molecule has 0 bridgehead atoms. The molecule has 1 aromatic carbocycles. The molecule has 0 aliphatic heterocycles. The molecule has 1 amide bonds. The molecule has 0 unspecified atom stereocenters. The fraction of sp³-hybridized carbons (Fsp3) is 0.474. The molecule has 2 aromatic rings. The largest absolute Gasteiger partial charge is 0.497 e. The zero-order valence-corrected chi connectivity index (χ0v) is 15.5. The fourth-order valence-corrected chi connectivity index (χ4v) is 2.63. The summed E-state index contributed by atoms with van der Waals surface area (Å²) in [6.07, 6.45) is 0.476. The van der Waals surface area contributed by atoms with E-state index in [2.05, 4.69) is 19.0 Å². The van der Waals surface area contributed by atoms with Crippen LogP contribution in [0.4, 0.5) is 0 Å². The molecule has 0 N–H and O–H groups in total. The zero-order valence-electron chi connectivity index (χ0n) is 15.5. The van der Waals surface area contributed by atoms with Crippen LogP contribution in [0.5, 0.6) is 11.5 Å². The molecule has 1 aromatic heterocycles. The molecule has 2 rings (SSSR count). The summed E-state index contributed by atoms with van der Waals surface area (Å²) in [5.41, 5.74) is 1.51. The summed E-state index contributed by atoms with van der Waals surface area (Å²) in [5, 5.41) is 4.12. The van der Waals surface area contributed by atoms with Gasteiger partial charge in [0, 0.05) is 25.1 Å². The van der Waals surface area contributed by atoms with Crippen LogP contribution in [0.1, 0.15) is 32.9 Å². The average Bonchev–Trinajstić information content (AvgIpc) is 3.07. The summed E-state index contributed by atoms with van der Waals surface area (Å²) in [7, 11) is 3.20. The first-order valence-electron chi connectivity index (χ1n) is 8.44. The molecule has 0 saturated carbocycles. The molecule has 6 nitrogen and oxygen atoms in total. The lowest BCUT2D eigenvalue weighted by atomic mass is 10.1. The summed E-state index contributed by atoms with van der Waals surface area (Å²) in [5.74, 6) is 2.45. The van der Waals surface area contributed by atoms with Crippen molar-refractivity contribution in [3.63, 3.8) is 0 Å². The van der Waals surface area contributed by atoms with Gasteiger partial charge in [0.25, 0.3) is 0 Å². The van der Waals surface area contributed by atoms with Crippen LogP contribution < -0.4 is 9.47 Å². The van der Waals surface area contributed by atoms with Crippen molar-refractivity contribution < 1.29 is 18.8 Å². The first-order chi connectivity index (χ1) is 12.0. The van der Waals surface area contributed by atoms with Crippen molar-refractivity contribution in [2.45, 2.75) is 33.7 Å². The summed E-state index contributed by atoms with van der Waals surface area (Å²) in [4.78, 5) is 14.0. The van der Waals surface area contributed by atoms with Gasteiger partial charge in [-0.1, -0.05) is 25.9 Å². The van der Waals surface area contributed by atoms with E-state index in [0.29, 0.717) is 42.7 Å². The molecule has 0 aliphatic carbocycles. The predicted molar refractivity (Wildman–Crippen MR) is 95.6 cm³/mol. The number of carbonyl (C=O) groups is 1. The van der Waals surface area contributed by atoms with E-state index in [4.69, 9.17) is 14.0 Å². The standard InChI is InChI=1S/C19H26N2O4/c1-6-19(22)21(11-13(2)3)12-14-9-18(25-20-14)16-8-7-15(23-4)10-17(16)24-5/h7-10,13H,6,11-12H2,1-5H3. The van der Waals surface area contributed by atoms with Gasteiger partial charge in [-0.15, -0.1) is 0 Å². The van der Waals surface area contributed by atoms with E-state index in [0.717, 1.165) is 11.3 Å². The third-order valence-corrected chi connectivity index (χ3v) is 3.83. The van der Waals surface area contributed by atoms with Crippen LogP contribution >= 0.6 is 0 Å². The number of rotatable bonds is 8. The van der Waals surface area contributed by atoms with Crippen LogP contribution in [0.15, 0.2) is 28.8 Å². The third kappa shape index (κ3) is 4.75. The Balaban J connectivity index is 2.23. The Hall–Kier alpha value is -2.50. The minimum atomic E-state index is 0.111. The van der Waals surface area contributed by atoms with Gasteiger partial charge in [0.1, 0.15) is 17.2 Å². The number of amides is 1. The minimum absolute atomic E-state index is 0.111. The van der Waals surface area contributed by atoms with E-state index in [1.54, 1.807) is 20.3 Å².